The quantitative estimate of drug-likeness (QED) is 0.604. The zero-order valence-corrected chi connectivity index (χ0v) is 17.6. The van der Waals surface area contributed by atoms with Crippen LogP contribution in [0, 0.1) is 12.7 Å². The van der Waals surface area contributed by atoms with Gasteiger partial charge in [-0.05, 0) is 50.3 Å². The lowest BCUT2D eigenvalue weighted by molar-refractivity contribution is 0.0329. The number of methoxy groups -OCH3 is 1. The molecule has 2 heterocycles. The largest absolute Gasteiger partial charge is 0.488 e. The highest BCUT2D eigenvalue weighted by atomic mass is 32.1. The maximum absolute atomic E-state index is 14.0. The fourth-order valence-corrected chi connectivity index (χ4v) is 4.79. The van der Waals surface area contributed by atoms with E-state index in [1.54, 1.807) is 13.2 Å². The smallest absolute Gasteiger partial charge is 0.259 e. The first-order chi connectivity index (χ1) is 14.5. The number of nitrogens with one attached hydrogen (secondary N) is 1. The molecule has 1 amide bonds. The van der Waals surface area contributed by atoms with Crippen molar-refractivity contribution in [1.29, 1.82) is 0 Å². The fraction of sp³-hybridized carbons (Fsp3) is 0.381. The average Bonchev–Trinajstić information content (AvgIpc) is 3.08. The SMILES string of the molecule is COC1CCC(Oc2cc(F)ccc2Nc2ncnc3sc(C(N)=O)c(C)c23)CC1. The number of carbonyl (C=O) groups is 1. The number of thiophene rings is 1. The van der Waals surface area contributed by atoms with Crippen LogP contribution in [0.5, 0.6) is 5.75 Å². The van der Waals surface area contributed by atoms with E-state index in [1.807, 2.05) is 6.92 Å². The molecule has 3 aromatic rings. The average molecular weight is 431 g/mol. The highest BCUT2D eigenvalue weighted by Gasteiger charge is 2.24. The first-order valence-corrected chi connectivity index (χ1v) is 10.6. The Morgan fingerprint density at radius 3 is 2.67 bits per heavy atom. The second kappa shape index (κ2) is 8.53. The first kappa shape index (κ1) is 20.5. The number of nitrogens with two attached hydrogens (primary N) is 1. The summed E-state index contributed by atoms with van der Waals surface area (Å²) in [7, 11) is 1.72. The zero-order valence-electron chi connectivity index (χ0n) is 16.8. The van der Waals surface area contributed by atoms with Gasteiger partial charge in [-0.1, -0.05) is 0 Å². The summed E-state index contributed by atoms with van der Waals surface area (Å²) in [6, 6.07) is 4.36. The summed E-state index contributed by atoms with van der Waals surface area (Å²) in [5.41, 5.74) is 6.79. The number of anilines is 2. The zero-order chi connectivity index (χ0) is 21.3. The lowest BCUT2D eigenvalue weighted by Crippen LogP contribution is -2.27. The molecule has 9 heteroatoms. The number of hydrogen-bond acceptors (Lipinski definition) is 7. The van der Waals surface area contributed by atoms with Gasteiger partial charge in [0.1, 0.15) is 28.5 Å². The lowest BCUT2D eigenvalue weighted by Gasteiger charge is -2.28. The molecule has 158 valence electrons. The van der Waals surface area contributed by atoms with Crippen LogP contribution in [-0.4, -0.2) is 35.2 Å². The van der Waals surface area contributed by atoms with E-state index in [0.717, 1.165) is 25.7 Å². The van der Waals surface area contributed by atoms with Gasteiger partial charge in [0.15, 0.2) is 0 Å². The molecule has 0 aliphatic heterocycles. The van der Waals surface area contributed by atoms with Gasteiger partial charge in [-0.15, -0.1) is 11.3 Å². The summed E-state index contributed by atoms with van der Waals surface area (Å²) < 4.78 is 25.5. The van der Waals surface area contributed by atoms with Crippen LogP contribution >= 0.6 is 11.3 Å². The molecule has 3 N–H and O–H groups in total. The van der Waals surface area contributed by atoms with E-state index >= 15 is 0 Å². The maximum Gasteiger partial charge on any atom is 0.259 e. The molecule has 0 spiro atoms. The molecule has 7 nitrogen and oxygen atoms in total. The Balaban J connectivity index is 1.63. The summed E-state index contributed by atoms with van der Waals surface area (Å²) in [5, 5.41) is 3.95. The molecule has 4 rings (SSSR count). The Hall–Kier alpha value is -2.78. The molecule has 1 aromatic carbocycles. The van der Waals surface area contributed by atoms with E-state index in [0.29, 0.717) is 37.9 Å². The van der Waals surface area contributed by atoms with E-state index in [2.05, 4.69) is 15.3 Å². The van der Waals surface area contributed by atoms with Crippen LogP contribution < -0.4 is 15.8 Å². The normalized spacial score (nSPS) is 19.0. The van der Waals surface area contributed by atoms with E-state index in [9.17, 15) is 9.18 Å². The predicted molar refractivity (Wildman–Crippen MR) is 114 cm³/mol. The molecule has 2 aromatic heterocycles. The molecule has 0 bridgehead atoms. The third-order valence-electron chi connectivity index (χ3n) is 5.40. The molecule has 1 saturated carbocycles. The van der Waals surface area contributed by atoms with Gasteiger partial charge in [0, 0.05) is 13.2 Å². The summed E-state index contributed by atoms with van der Waals surface area (Å²) >= 11 is 1.23. The Morgan fingerprint density at radius 2 is 1.97 bits per heavy atom. The molecule has 0 atom stereocenters. The molecule has 0 radical (unpaired) electrons. The van der Waals surface area contributed by atoms with Crippen molar-refractivity contribution in [2.45, 2.75) is 44.8 Å². The summed E-state index contributed by atoms with van der Waals surface area (Å²) in [5.74, 6) is 0.0574. The van der Waals surface area contributed by atoms with Crippen molar-refractivity contribution in [3.8, 4) is 5.75 Å². The van der Waals surface area contributed by atoms with Crippen molar-refractivity contribution in [1.82, 2.24) is 9.97 Å². The standard InChI is InChI=1S/C21H23FN4O3S/c1-11-17-20(24-10-25-21(17)30-18(11)19(23)27)26-15-8-3-12(22)9-16(15)29-14-6-4-13(28-2)5-7-14/h3,8-10,13-14H,4-7H2,1-2H3,(H2,23,27)(H,24,25,26). The third kappa shape index (κ3) is 4.08. The number of primary amides is 1. The van der Waals surface area contributed by atoms with Crippen LogP contribution in [0.1, 0.15) is 40.9 Å². The number of halogens is 1. The van der Waals surface area contributed by atoms with Crippen molar-refractivity contribution >= 4 is 39.0 Å². The first-order valence-electron chi connectivity index (χ1n) is 9.76. The number of hydrogen-bond donors (Lipinski definition) is 2. The number of nitrogens with zero attached hydrogens (tertiary/aromatic N) is 2. The number of aromatic nitrogens is 2. The second-order valence-electron chi connectivity index (χ2n) is 7.34. The molecule has 0 saturated heterocycles. The van der Waals surface area contributed by atoms with Gasteiger partial charge in [-0.3, -0.25) is 4.79 Å². The molecule has 0 unspecified atom stereocenters. The van der Waals surface area contributed by atoms with Crippen LogP contribution in [0.25, 0.3) is 10.2 Å². The number of fused-ring (bicyclic) bond motifs is 1. The number of amides is 1. The molecule has 1 aliphatic rings. The molecule has 30 heavy (non-hydrogen) atoms. The molecular formula is C21H23FN4O3S. The Labute approximate surface area is 177 Å². The molecule has 1 fully saturated rings. The summed E-state index contributed by atoms with van der Waals surface area (Å²) in [4.78, 5) is 21.4. The van der Waals surface area contributed by atoms with Crippen LogP contribution in [0.4, 0.5) is 15.9 Å². The Kier molecular flexibility index (Phi) is 5.83. The van der Waals surface area contributed by atoms with E-state index in [1.165, 1.54) is 29.8 Å². The lowest BCUT2D eigenvalue weighted by atomic mass is 9.95. The Morgan fingerprint density at radius 1 is 1.23 bits per heavy atom. The topological polar surface area (TPSA) is 99.4 Å². The number of carbonyl (C=O) groups excluding carboxylic acids is 1. The fourth-order valence-electron chi connectivity index (χ4n) is 3.79. The van der Waals surface area contributed by atoms with Gasteiger partial charge in [0.25, 0.3) is 5.91 Å². The van der Waals surface area contributed by atoms with Gasteiger partial charge >= 0.3 is 0 Å². The molecule has 1 aliphatic carbocycles. The van der Waals surface area contributed by atoms with Crippen molar-refractivity contribution in [3.63, 3.8) is 0 Å². The van der Waals surface area contributed by atoms with Crippen molar-refractivity contribution in [3.05, 3.63) is 40.8 Å². The van der Waals surface area contributed by atoms with Crippen molar-refractivity contribution in [2.24, 2.45) is 5.73 Å². The Bertz CT molecular complexity index is 1080. The minimum absolute atomic E-state index is 0.00600. The highest BCUT2D eigenvalue weighted by molar-refractivity contribution is 7.20. The van der Waals surface area contributed by atoms with Crippen LogP contribution in [0.3, 0.4) is 0 Å². The van der Waals surface area contributed by atoms with Gasteiger partial charge in [0.2, 0.25) is 0 Å². The van der Waals surface area contributed by atoms with Crippen LogP contribution in [-0.2, 0) is 4.74 Å². The van der Waals surface area contributed by atoms with Crippen molar-refractivity contribution in [2.75, 3.05) is 12.4 Å². The number of benzene rings is 1. The van der Waals surface area contributed by atoms with E-state index in [4.69, 9.17) is 15.2 Å². The van der Waals surface area contributed by atoms with Gasteiger partial charge in [-0.2, -0.15) is 0 Å². The molecular weight excluding hydrogens is 407 g/mol. The van der Waals surface area contributed by atoms with E-state index < -0.39 is 5.91 Å². The minimum atomic E-state index is -0.501. The number of rotatable bonds is 6. The van der Waals surface area contributed by atoms with Crippen molar-refractivity contribution < 1.29 is 18.7 Å². The van der Waals surface area contributed by atoms with Gasteiger partial charge in [-0.25, -0.2) is 14.4 Å². The minimum Gasteiger partial charge on any atom is -0.488 e. The predicted octanol–water partition coefficient (Wildman–Crippen LogP) is 4.32. The van der Waals surface area contributed by atoms with Gasteiger partial charge in [0.05, 0.1) is 28.2 Å². The maximum atomic E-state index is 14.0. The van der Waals surface area contributed by atoms with Crippen LogP contribution in [0.2, 0.25) is 0 Å². The summed E-state index contributed by atoms with van der Waals surface area (Å²) in [6.45, 7) is 1.81. The summed E-state index contributed by atoms with van der Waals surface area (Å²) in [6.07, 6.45) is 5.18. The highest BCUT2D eigenvalue weighted by Crippen LogP contribution is 2.37. The second-order valence-corrected chi connectivity index (χ2v) is 8.34. The number of aryl methyl sites for hydroxylation is 1. The van der Waals surface area contributed by atoms with Gasteiger partial charge < -0.3 is 20.5 Å². The number of ether oxygens (including phenoxy) is 2. The van der Waals surface area contributed by atoms with Crippen LogP contribution in [0.15, 0.2) is 24.5 Å². The monoisotopic (exact) mass is 430 g/mol. The van der Waals surface area contributed by atoms with E-state index in [-0.39, 0.29) is 18.0 Å². The third-order valence-corrected chi connectivity index (χ3v) is 6.61.